The van der Waals surface area contributed by atoms with Crippen LogP contribution in [0.1, 0.15) is 12.0 Å². The number of ether oxygens (including phenoxy) is 1. The summed E-state index contributed by atoms with van der Waals surface area (Å²) >= 11 is 6.38. The lowest BCUT2D eigenvalue weighted by Gasteiger charge is -2.17. The largest absolute Gasteiger partial charge is 0.487 e. The van der Waals surface area contributed by atoms with Gasteiger partial charge in [-0.15, -0.1) is 0 Å². The maximum atomic E-state index is 6.38. The predicted octanol–water partition coefficient (Wildman–Crippen LogP) is 3.03. The molecule has 3 heterocycles. The Hall–Kier alpha value is -2.44. The highest BCUT2D eigenvalue weighted by molar-refractivity contribution is 6.32. The second-order valence-corrected chi connectivity index (χ2v) is 6.35. The number of pyridine rings is 1. The summed E-state index contributed by atoms with van der Waals surface area (Å²) in [7, 11) is 0. The van der Waals surface area contributed by atoms with E-state index in [1.165, 1.54) is 0 Å². The van der Waals surface area contributed by atoms with Gasteiger partial charge in [-0.1, -0.05) is 11.6 Å². The van der Waals surface area contributed by atoms with Gasteiger partial charge in [0, 0.05) is 42.8 Å². The summed E-state index contributed by atoms with van der Waals surface area (Å²) in [5.74, 6) is 0.806. The number of hydrogen-bond donors (Lipinski definition) is 2. The molecule has 128 valence electrons. The van der Waals surface area contributed by atoms with Crippen LogP contribution in [0.15, 0.2) is 43.0 Å². The average Bonchev–Trinajstić information content (AvgIpc) is 3.14. The van der Waals surface area contributed by atoms with E-state index in [0.717, 1.165) is 47.5 Å². The fourth-order valence-corrected chi connectivity index (χ4v) is 3.10. The van der Waals surface area contributed by atoms with Gasteiger partial charge in [0.15, 0.2) is 0 Å². The number of hydrogen-bond acceptors (Lipinski definition) is 6. The molecule has 0 spiro atoms. The monoisotopic (exact) mass is 355 g/mol. The van der Waals surface area contributed by atoms with Crippen molar-refractivity contribution in [3.8, 4) is 5.75 Å². The van der Waals surface area contributed by atoms with Crippen LogP contribution in [0.4, 0.5) is 5.69 Å². The van der Waals surface area contributed by atoms with E-state index in [0.29, 0.717) is 11.6 Å². The molecule has 0 aliphatic carbocycles. The molecule has 1 fully saturated rings. The van der Waals surface area contributed by atoms with Gasteiger partial charge in [0.2, 0.25) is 0 Å². The number of halogens is 1. The zero-order chi connectivity index (χ0) is 17.1. The maximum absolute atomic E-state index is 6.38. The Morgan fingerprint density at radius 3 is 2.84 bits per heavy atom. The van der Waals surface area contributed by atoms with Crippen LogP contribution < -0.4 is 15.4 Å². The summed E-state index contributed by atoms with van der Waals surface area (Å²) in [4.78, 5) is 12.8. The van der Waals surface area contributed by atoms with Gasteiger partial charge in [-0.2, -0.15) is 0 Å². The molecule has 1 aliphatic rings. The van der Waals surface area contributed by atoms with E-state index in [2.05, 4.69) is 25.6 Å². The van der Waals surface area contributed by atoms with Crippen molar-refractivity contribution in [3.05, 3.63) is 53.6 Å². The first-order valence-electron chi connectivity index (χ1n) is 8.24. The summed E-state index contributed by atoms with van der Waals surface area (Å²) in [5, 5.41) is 7.33. The van der Waals surface area contributed by atoms with E-state index < -0.39 is 0 Å². The minimum absolute atomic E-state index is 0.197. The highest BCUT2D eigenvalue weighted by Crippen LogP contribution is 2.27. The van der Waals surface area contributed by atoms with Gasteiger partial charge in [-0.3, -0.25) is 15.0 Å². The molecule has 1 aromatic carbocycles. The SMILES string of the molecule is Clc1cc2nccnc2cc1CNc1cnccc1OC1CCNC1. The zero-order valence-electron chi connectivity index (χ0n) is 13.6. The van der Waals surface area contributed by atoms with Crippen LogP contribution >= 0.6 is 11.6 Å². The van der Waals surface area contributed by atoms with Crippen molar-refractivity contribution in [3.63, 3.8) is 0 Å². The number of rotatable bonds is 5. The summed E-state index contributed by atoms with van der Waals surface area (Å²) in [5.41, 5.74) is 3.41. The lowest BCUT2D eigenvalue weighted by molar-refractivity contribution is 0.224. The Bertz CT molecular complexity index is 882. The first-order valence-corrected chi connectivity index (χ1v) is 8.62. The van der Waals surface area contributed by atoms with Crippen molar-refractivity contribution in [2.45, 2.75) is 19.1 Å². The topological polar surface area (TPSA) is 72.0 Å². The van der Waals surface area contributed by atoms with Crippen molar-refractivity contribution >= 4 is 28.3 Å². The molecule has 0 saturated carbocycles. The van der Waals surface area contributed by atoms with Gasteiger partial charge in [0.05, 0.1) is 22.9 Å². The molecule has 1 unspecified atom stereocenters. The average molecular weight is 356 g/mol. The quantitative estimate of drug-likeness (QED) is 0.733. The molecular formula is C18H18ClN5O. The molecule has 0 bridgehead atoms. The molecule has 2 aromatic heterocycles. The van der Waals surface area contributed by atoms with E-state index in [-0.39, 0.29) is 6.10 Å². The van der Waals surface area contributed by atoms with Crippen molar-refractivity contribution in [1.82, 2.24) is 20.3 Å². The van der Waals surface area contributed by atoms with E-state index in [4.69, 9.17) is 16.3 Å². The zero-order valence-corrected chi connectivity index (χ0v) is 14.3. The molecule has 0 amide bonds. The Labute approximate surface area is 150 Å². The Morgan fingerprint density at radius 1 is 1.20 bits per heavy atom. The number of aromatic nitrogens is 3. The van der Waals surface area contributed by atoms with Gasteiger partial charge in [-0.25, -0.2) is 0 Å². The molecule has 1 aliphatic heterocycles. The third-order valence-electron chi connectivity index (χ3n) is 4.20. The van der Waals surface area contributed by atoms with Crippen LogP contribution in [0.25, 0.3) is 11.0 Å². The molecule has 7 heteroatoms. The standard InChI is InChI=1S/C18H18ClN5O/c19-14-8-16-15(22-5-6-23-16)7-12(14)9-24-17-11-21-4-2-18(17)25-13-1-3-20-10-13/h2,4-8,11,13,20,24H,1,3,9-10H2. The highest BCUT2D eigenvalue weighted by Gasteiger charge is 2.17. The Kier molecular flexibility index (Phi) is 4.63. The molecule has 25 heavy (non-hydrogen) atoms. The van der Waals surface area contributed by atoms with E-state index in [9.17, 15) is 0 Å². The summed E-state index contributed by atoms with van der Waals surface area (Å²) in [6.45, 7) is 2.42. The van der Waals surface area contributed by atoms with Crippen LogP contribution in [0.3, 0.4) is 0 Å². The maximum Gasteiger partial charge on any atom is 0.146 e. The molecule has 1 atom stereocenters. The van der Waals surface area contributed by atoms with Gasteiger partial charge in [-0.05, 0) is 30.7 Å². The van der Waals surface area contributed by atoms with Gasteiger partial charge < -0.3 is 15.4 Å². The number of nitrogens with one attached hydrogen (secondary N) is 2. The second kappa shape index (κ2) is 7.21. The highest BCUT2D eigenvalue weighted by atomic mass is 35.5. The first kappa shape index (κ1) is 16.1. The molecule has 0 radical (unpaired) electrons. The van der Waals surface area contributed by atoms with Crippen molar-refractivity contribution < 1.29 is 4.74 Å². The lowest BCUT2D eigenvalue weighted by atomic mass is 10.2. The predicted molar refractivity (Wildman–Crippen MR) is 98.0 cm³/mol. The Balaban J connectivity index is 1.52. The second-order valence-electron chi connectivity index (χ2n) is 5.95. The molecular weight excluding hydrogens is 338 g/mol. The van der Waals surface area contributed by atoms with E-state index in [1.54, 1.807) is 24.8 Å². The third kappa shape index (κ3) is 3.65. The van der Waals surface area contributed by atoms with E-state index in [1.807, 2.05) is 18.2 Å². The molecule has 4 rings (SSSR count). The fourth-order valence-electron chi connectivity index (χ4n) is 2.88. The van der Waals surface area contributed by atoms with Crippen LogP contribution in [-0.2, 0) is 6.54 Å². The third-order valence-corrected chi connectivity index (χ3v) is 4.55. The molecule has 2 N–H and O–H groups in total. The van der Waals surface area contributed by atoms with Crippen molar-refractivity contribution in [1.29, 1.82) is 0 Å². The lowest BCUT2D eigenvalue weighted by Crippen LogP contribution is -2.20. The summed E-state index contributed by atoms with van der Waals surface area (Å²) < 4.78 is 6.08. The minimum Gasteiger partial charge on any atom is -0.487 e. The van der Waals surface area contributed by atoms with Crippen LogP contribution in [0, 0.1) is 0 Å². The smallest absolute Gasteiger partial charge is 0.146 e. The van der Waals surface area contributed by atoms with E-state index >= 15 is 0 Å². The Morgan fingerprint density at radius 2 is 2.04 bits per heavy atom. The number of nitrogens with zero attached hydrogens (tertiary/aromatic N) is 3. The summed E-state index contributed by atoms with van der Waals surface area (Å²) in [6, 6.07) is 5.68. The van der Waals surface area contributed by atoms with Crippen LogP contribution in [0.2, 0.25) is 5.02 Å². The normalized spacial score (nSPS) is 16.9. The molecule has 6 nitrogen and oxygen atoms in total. The number of benzene rings is 1. The van der Waals surface area contributed by atoms with Crippen LogP contribution in [0.5, 0.6) is 5.75 Å². The first-order chi connectivity index (χ1) is 12.3. The molecule has 1 saturated heterocycles. The minimum atomic E-state index is 0.197. The number of anilines is 1. The summed E-state index contributed by atoms with van der Waals surface area (Å²) in [6.07, 6.45) is 8.05. The van der Waals surface area contributed by atoms with Crippen molar-refractivity contribution in [2.24, 2.45) is 0 Å². The van der Waals surface area contributed by atoms with Gasteiger partial charge in [0.1, 0.15) is 11.9 Å². The van der Waals surface area contributed by atoms with Gasteiger partial charge >= 0.3 is 0 Å². The fraction of sp³-hybridized carbons (Fsp3) is 0.278. The number of fused-ring (bicyclic) bond motifs is 1. The molecule has 3 aromatic rings. The van der Waals surface area contributed by atoms with Crippen LogP contribution in [-0.4, -0.2) is 34.1 Å². The van der Waals surface area contributed by atoms with Gasteiger partial charge in [0.25, 0.3) is 0 Å². The van der Waals surface area contributed by atoms with Crippen molar-refractivity contribution in [2.75, 3.05) is 18.4 Å².